The third-order valence-electron chi connectivity index (χ3n) is 4.47. The second-order valence-corrected chi connectivity index (χ2v) is 10.2. The molecule has 1 saturated heterocycles. The Kier molecular flexibility index (Phi) is 5.64. The van der Waals surface area contributed by atoms with Gasteiger partial charge in [0.1, 0.15) is 0 Å². The molecule has 2 aromatic rings. The second kappa shape index (κ2) is 7.59. The van der Waals surface area contributed by atoms with Gasteiger partial charge >= 0.3 is 6.18 Å². The molecule has 12 heteroatoms. The second-order valence-electron chi connectivity index (χ2n) is 6.59. The maximum atomic E-state index is 12.7. The summed E-state index contributed by atoms with van der Waals surface area (Å²) >= 11 is 0. The molecule has 2 aromatic carbocycles. The van der Waals surface area contributed by atoms with E-state index in [1.165, 1.54) is 36.4 Å². The Hall–Kier alpha value is -2.15. The van der Waals surface area contributed by atoms with E-state index >= 15 is 0 Å². The Morgan fingerprint density at radius 3 is 2.10 bits per heavy atom. The molecule has 1 aliphatic heterocycles. The molecule has 1 fully saturated rings. The van der Waals surface area contributed by atoms with Gasteiger partial charge in [-0.15, -0.1) is 0 Å². The van der Waals surface area contributed by atoms with Crippen molar-refractivity contribution in [3.8, 4) is 0 Å². The molecule has 2 N–H and O–H groups in total. The van der Waals surface area contributed by atoms with E-state index in [9.17, 15) is 30.0 Å². The minimum atomic E-state index is -4.42. The van der Waals surface area contributed by atoms with Crippen LogP contribution in [0.15, 0.2) is 53.4 Å². The molecule has 29 heavy (non-hydrogen) atoms. The molecule has 7 nitrogen and oxygen atoms in total. The maximum absolute atomic E-state index is 12.7. The van der Waals surface area contributed by atoms with Gasteiger partial charge in [-0.1, -0.05) is 12.1 Å². The Morgan fingerprint density at radius 1 is 1.00 bits per heavy atom. The Morgan fingerprint density at radius 2 is 1.59 bits per heavy atom. The third kappa shape index (κ3) is 5.07. The van der Waals surface area contributed by atoms with E-state index in [-0.39, 0.29) is 36.1 Å². The maximum Gasteiger partial charge on any atom is 0.416 e. The lowest BCUT2D eigenvalue weighted by Crippen LogP contribution is -2.50. The summed E-state index contributed by atoms with van der Waals surface area (Å²) in [5, 5.41) is 5.05. The van der Waals surface area contributed by atoms with E-state index in [0.29, 0.717) is 5.56 Å². The molecular formula is C17H18F3N3O4S2. The molecule has 158 valence electrons. The number of hydrogen-bond acceptors (Lipinski definition) is 5. The van der Waals surface area contributed by atoms with Gasteiger partial charge in [-0.25, -0.2) is 22.0 Å². The Labute approximate surface area is 166 Å². The molecule has 0 atom stereocenters. The Bertz CT molecular complexity index is 1080. The van der Waals surface area contributed by atoms with Crippen LogP contribution in [0.25, 0.3) is 0 Å². The summed E-state index contributed by atoms with van der Waals surface area (Å²) in [5.74, 6) is -0.176. The van der Waals surface area contributed by atoms with Gasteiger partial charge in [0.05, 0.1) is 28.6 Å². The highest BCUT2D eigenvalue weighted by atomic mass is 32.2. The zero-order chi connectivity index (χ0) is 21.4. The fourth-order valence-corrected chi connectivity index (χ4v) is 4.93. The zero-order valence-corrected chi connectivity index (χ0v) is 16.6. The quantitative estimate of drug-likeness (QED) is 0.769. The van der Waals surface area contributed by atoms with E-state index in [0.717, 1.165) is 16.4 Å². The summed E-state index contributed by atoms with van der Waals surface area (Å²) in [5.41, 5.74) is 0.135. The predicted octanol–water partition coefficient (Wildman–Crippen LogP) is 1.96. The molecule has 0 radical (unpaired) electrons. The van der Waals surface area contributed by atoms with Gasteiger partial charge in [-0.05, 0) is 42.0 Å². The van der Waals surface area contributed by atoms with E-state index < -0.39 is 31.8 Å². The molecular weight excluding hydrogens is 431 g/mol. The van der Waals surface area contributed by atoms with Crippen molar-refractivity contribution in [1.29, 1.82) is 0 Å². The first-order valence-electron chi connectivity index (χ1n) is 8.38. The van der Waals surface area contributed by atoms with Crippen molar-refractivity contribution in [3.63, 3.8) is 0 Å². The number of hydrogen-bond donors (Lipinski definition) is 1. The first kappa shape index (κ1) is 21.6. The molecule has 0 spiro atoms. The minimum absolute atomic E-state index is 0.0158. The zero-order valence-electron chi connectivity index (χ0n) is 15.0. The van der Waals surface area contributed by atoms with Crippen molar-refractivity contribution in [2.45, 2.75) is 17.6 Å². The average Bonchev–Trinajstić information content (AvgIpc) is 2.62. The number of halogens is 3. The van der Waals surface area contributed by atoms with Gasteiger partial charge < -0.3 is 0 Å². The topological polar surface area (TPSA) is 101 Å². The smallest absolute Gasteiger partial charge is 0.280 e. The highest BCUT2D eigenvalue weighted by Crippen LogP contribution is 2.29. The summed E-state index contributed by atoms with van der Waals surface area (Å²) in [6.07, 6.45) is -4.42. The van der Waals surface area contributed by atoms with Crippen molar-refractivity contribution in [1.82, 2.24) is 4.90 Å². The molecule has 0 aromatic heterocycles. The standard InChI is InChI=1S/C17H18F3N3O4S2/c18-17(19,20)14-3-1-13(2-4-14)11-22-9-10-28(24,25)23(12-22)15-5-7-16(8-6-15)29(21,26)27/h1-8H,9-12H2,(H2,21,26,27). The van der Waals surface area contributed by atoms with Crippen molar-refractivity contribution >= 4 is 25.7 Å². The summed E-state index contributed by atoms with van der Waals surface area (Å²) in [7, 11) is -7.52. The summed E-state index contributed by atoms with van der Waals surface area (Å²) in [6, 6.07) is 9.82. The predicted molar refractivity (Wildman–Crippen MR) is 101 cm³/mol. The fourth-order valence-electron chi connectivity index (χ4n) is 2.93. The van der Waals surface area contributed by atoms with Crippen LogP contribution in [-0.4, -0.2) is 40.7 Å². The van der Waals surface area contributed by atoms with E-state index in [2.05, 4.69) is 0 Å². The lowest BCUT2D eigenvalue weighted by molar-refractivity contribution is -0.137. The highest BCUT2D eigenvalue weighted by Gasteiger charge is 2.32. The van der Waals surface area contributed by atoms with Gasteiger partial charge in [0, 0.05) is 13.1 Å². The van der Waals surface area contributed by atoms with Crippen LogP contribution in [0.4, 0.5) is 18.9 Å². The summed E-state index contributed by atoms with van der Waals surface area (Å²) in [4.78, 5) is 1.63. The van der Waals surface area contributed by atoms with Gasteiger partial charge in [-0.2, -0.15) is 13.2 Å². The van der Waals surface area contributed by atoms with Crippen LogP contribution >= 0.6 is 0 Å². The molecule has 0 bridgehead atoms. The van der Waals surface area contributed by atoms with Crippen LogP contribution in [0, 0.1) is 0 Å². The number of rotatable bonds is 4. The number of anilines is 1. The van der Waals surface area contributed by atoms with E-state index in [4.69, 9.17) is 5.14 Å². The van der Waals surface area contributed by atoms with Gasteiger partial charge in [0.2, 0.25) is 20.0 Å². The number of sulfonamides is 2. The van der Waals surface area contributed by atoms with Crippen LogP contribution in [-0.2, 0) is 32.8 Å². The van der Waals surface area contributed by atoms with Crippen molar-refractivity contribution in [3.05, 3.63) is 59.7 Å². The third-order valence-corrected chi connectivity index (χ3v) is 7.10. The van der Waals surface area contributed by atoms with Gasteiger partial charge in [0.15, 0.2) is 0 Å². The number of primary sulfonamides is 1. The van der Waals surface area contributed by atoms with Gasteiger partial charge in [-0.3, -0.25) is 9.21 Å². The molecule has 0 amide bonds. The molecule has 0 aliphatic carbocycles. The number of alkyl halides is 3. The van der Waals surface area contributed by atoms with Crippen LogP contribution < -0.4 is 9.44 Å². The van der Waals surface area contributed by atoms with E-state index in [1.807, 2.05) is 0 Å². The normalized spacial score (nSPS) is 18.0. The first-order valence-corrected chi connectivity index (χ1v) is 11.5. The molecule has 0 unspecified atom stereocenters. The summed E-state index contributed by atoms with van der Waals surface area (Å²) < 4.78 is 86.8. The van der Waals surface area contributed by atoms with Crippen LogP contribution in [0.3, 0.4) is 0 Å². The van der Waals surface area contributed by atoms with Crippen molar-refractivity contribution in [2.75, 3.05) is 23.3 Å². The fraction of sp³-hybridized carbons (Fsp3) is 0.294. The minimum Gasteiger partial charge on any atom is -0.280 e. The van der Waals surface area contributed by atoms with Gasteiger partial charge in [0.25, 0.3) is 0 Å². The summed E-state index contributed by atoms with van der Waals surface area (Å²) in [6.45, 7) is 0.465. The average molecular weight is 449 g/mol. The van der Waals surface area contributed by atoms with Crippen molar-refractivity contribution < 1.29 is 30.0 Å². The lowest BCUT2D eigenvalue weighted by atomic mass is 10.1. The molecule has 1 aliphatic rings. The van der Waals surface area contributed by atoms with Crippen LogP contribution in [0.5, 0.6) is 0 Å². The van der Waals surface area contributed by atoms with Crippen molar-refractivity contribution in [2.24, 2.45) is 5.14 Å². The number of nitrogens with two attached hydrogens (primary N) is 1. The van der Waals surface area contributed by atoms with E-state index in [1.54, 1.807) is 4.90 Å². The molecule has 0 saturated carbocycles. The van der Waals surface area contributed by atoms with Crippen LogP contribution in [0.1, 0.15) is 11.1 Å². The largest absolute Gasteiger partial charge is 0.416 e. The number of benzene rings is 2. The molecule has 3 rings (SSSR count). The monoisotopic (exact) mass is 449 g/mol. The highest BCUT2D eigenvalue weighted by molar-refractivity contribution is 7.92. The molecule has 1 heterocycles. The first-order chi connectivity index (χ1) is 13.4. The number of nitrogens with zero attached hydrogens (tertiary/aromatic N) is 2. The Balaban J connectivity index is 1.77. The lowest BCUT2D eigenvalue weighted by Gasteiger charge is -2.36. The SMILES string of the molecule is NS(=O)(=O)c1ccc(N2CN(Cc3ccc(C(F)(F)F)cc3)CCS2(=O)=O)cc1. The van der Waals surface area contributed by atoms with Crippen LogP contribution in [0.2, 0.25) is 0 Å².